The summed E-state index contributed by atoms with van der Waals surface area (Å²) >= 11 is 6.06. The van der Waals surface area contributed by atoms with Crippen molar-refractivity contribution < 1.29 is 9.53 Å². The Morgan fingerprint density at radius 2 is 2.03 bits per heavy atom. The number of nitrogens with one attached hydrogen (secondary N) is 1. The quantitative estimate of drug-likeness (QED) is 0.358. The van der Waals surface area contributed by atoms with E-state index in [9.17, 15) is 4.79 Å². The highest BCUT2D eigenvalue weighted by molar-refractivity contribution is 6.31. The lowest BCUT2D eigenvalue weighted by atomic mass is 10.2. The summed E-state index contributed by atoms with van der Waals surface area (Å²) in [5.41, 5.74) is 3.49. The van der Waals surface area contributed by atoms with Crippen LogP contribution in [0.2, 0.25) is 5.02 Å². The number of ether oxygens (including phenoxy) is 1. The molecule has 0 bridgehead atoms. The molecule has 0 saturated heterocycles. The van der Waals surface area contributed by atoms with Gasteiger partial charge in [0.1, 0.15) is 11.6 Å². The van der Waals surface area contributed by atoms with Crippen LogP contribution in [0.5, 0.6) is 5.75 Å². The lowest BCUT2D eigenvalue weighted by molar-refractivity contribution is -0.118. The summed E-state index contributed by atoms with van der Waals surface area (Å²) in [5, 5.41) is 3.72. The number of aryl methyl sites for hydroxylation is 2. The summed E-state index contributed by atoms with van der Waals surface area (Å²) in [7, 11) is 0. The molecule has 0 aliphatic carbocycles. The van der Waals surface area contributed by atoms with E-state index in [1.165, 1.54) is 0 Å². The van der Waals surface area contributed by atoms with Crippen molar-refractivity contribution >= 4 is 28.5 Å². The van der Waals surface area contributed by atoms with Crippen LogP contribution in [0.15, 0.2) is 54.6 Å². The van der Waals surface area contributed by atoms with Crippen molar-refractivity contribution in [1.29, 1.82) is 0 Å². The van der Waals surface area contributed by atoms with Crippen molar-refractivity contribution in [3.05, 3.63) is 71.0 Å². The van der Waals surface area contributed by atoms with Gasteiger partial charge in [-0.15, -0.1) is 0 Å². The van der Waals surface area contributed by atoms with Crippen molar-refractivity contribution in [2.45, 2.75) is 46.2 Å². The van der Waals surface area contributed by atoms with Crippen LogP contribution < -0.4 is 10.1 Å². The number of fused-ring (bicyclic) bond motifs is 1. The molecular weight excluding hydrogens is 398 g/mol. The Morgan fingerprint density at radius 1 is 1.27 bits per heavy atom. The van der Waals surface area contributed by atoms with Gasteiger partial charge in [-0.2, -0.15) is 0 Å². The molecule has 1 unspecified atom stereocenters. The first-order valence-electron chi connectivity index (χ1n) is 10.2. The van der Waals surface area contributed by atoms with Gasteiger partial charge < -0.3 is 14.6 Å². The maximum absolute atomic E-state index is 12.1. The number of carbonyl (C=O) groups is 1. The predicted molar refractivity (Wildman–Crippen MR) is 122 cm³/mol. The standard InChI is InChI=1S/C24H28ClN3O2/c1-16(2)24(29)26-18(4)23-27-21-9-5-6-10-22(21)28(23)13-7-8-14-30-19-11-12-20(25)17(3)15-19/h5-6,9-12,15,18H,1,7-8,13-14H2,2-4H3,(H,26,29). The molecule has 0 fully saturated rings. The van der Waals surface area contributed by atoms with E-state index in [2.05, 4.69) is 22.5 Å². The molecule has 2 aromatic carbocycles. The number of para-hydroxylation sites is 2. The molecule has 5 nitrogen and oxygen atoms in total. The number of hydrogen-bond donors (Lipinski definition) is 1. The molecule has 1 atom stereocenters. The van der Waals surface area contributed by atoms with Gasteiger partial charge in [-0.25, -0.2) is 4.98 Å². The monoisotopic (exact) mass is 425 g/mol. The van der Waals surface area contributed by atoms with Gasteiger partial charge in [0.05, 0.1) is 23.7 Å². The first-order chi connectivity index (χ1) is 14.4. The molecule has 0 aliphatic rings. The number of imidazole rings is 1. The molecule has 0 radical (unpaired) electrons. The van der Waals surface area contributed by atoms with Crippen LogP contribution in [-0.4, -0.2) is 22.1 Å². The van der Waals surface area contributed by atoms with Gasteiger partial charge >= 0.3 is 0 Å². The van der Waals surface area contributed by atoms with Gasteiger partial charge in [-0.1, -0.05) is 30.3 Å². The van der Waals surface area contributed by atoms with Crippen LogP contribution >= 0.6 is 11.6 Å². The van der Waals surface area contributed by atoms with E-state index in [1.807, 2.05) is 50.2 Å². The molecule has 158 valence electrons. The maximum atomic E-state index is 12.1. The van der Waals surface area contributed by atoms with Crippen LogP contribution in [0.25, 0.3) is 11.0 Å². The Morgan fingerprint density at radius 3 is 2.77 bits per heavy atom. The number of unbranched alkanes of at least 4 members (excludes halogenated alkanes) is 1. The molecule has 6 heteroatoms. The third-order valence-corrected chi connectivity index (χ3v) is 5.40. The molecule has 1 heterocycles. The molecule has 1 aromatic heterocycles. The zero-order valence-electron chi connectivity index (χ0n) is 17.7. The Hall–Kier alpha value is -2.79. The third-order valence-electron chi connectivity index (χ3n) is 4.98. The highest BCUT2D eigenvalue weighted by atomic mass is 35.5. The van der Waals surface area contributed by atoms with E-state index in [4.69, 9.17) is 21.3 Å². The van der Waals surface area contributed by atoms with Crippen molar-refractivity contribution in [3.63, 3.8) is 0 Å². The predicted octanol–water partition coefficient (Wildman–Crippen LogP) is 5.61. The fourth-order valence-corrected chi connectivity index (χ4v) is 3.43. The van der Waals surface area contributed by atoms with Crippen LogP contribution in [0.4, 0.5) is 0 Å². The van der Waals surface area contributed by atoms with Gasteiger partial charge in [0.15, 0.2) is 0 Å². The molecule has 1 N–H and O–H groups in total. The van der Waals surface area contributed by atoms with Crippen molar-refractivity contribution in [3.8, 4) is 5.75 Å². The average molecular weight is 426 g/mol. The number of rotatable bonds is 9. The molecule has 0 spiro atoms. The fraction of sp³-hybridized carbons (Fsp3) is 0.333. The van der Waals surface area contributed by atoms with E-state index in [-0.39, 0.29) is 11.9 Å². The summed E-state index contributed by atoms with van der Waals surface area (Å²) in [5.74, 6) is 1.52. The molecule has 0 aliphatic heterocycles. The highest BCUT2D eigenvalue weighted by Crippen LogP contribution is 2.23. The lowest BCUT2D eigenvalue weighted by Gasteiger charge is -2.16. The SMILES string of the molecule is C=C(C)C(=O)NC(C)c1nc2ccccc2n1CCCCOc1ccc(Cl)c(C)c1. The molecule has 30 heavy (non-hydrogen) atoms. The first kappa shape index (κ1) is 21.9. The Labute approximate surface area is 182 Å². The summed E-state index contributed by atoms with van der Waals surface area (Å²) in [6.07, 6.45) is 1.83. The minimum atomic E-state index is -0.213. The molecule has 3 aromatic rings. The molecule has 3 rings (SSSR count). The van der Waals surface area contributed by atoms with E-state index >= 15 is 0 Å². The van der Waals surface area contributed by atoms with Crippen molar-refractivity contribution in [2.75, 3.05) is 6.61 Å². The number of benzene rings is 2. The minimum absolute atomic E-state index is 0.159. The van der Waals surface area contributed by atoms with Crippen molar-refractivity contribution in [1.82, 2.24) is 14.9 Å². The van der Waals surface area contributed by atoms with E-state index < -0.39 is 0 Å². The van der Waals surface area contributed by atoms with Crippen LogP contribution in [-0.2, 0) is 11.3 Å². The number of aromatic nitrogens is 2. The second-order valence-electron chi connectivity index (χ2n) is 7.55. The highest BCUT2D eigenvalue weighted by Gasteiger charge is 2.18. The summed E-state index contributed by atoms with van der Waals surface area (Å²) in [6.45, 7) is 10.8. The molecular formula is C24H28ClN3O2. The second kappa shape index (κ2) is 9.81. The van der Waals surface area contributed by atoms with Crippen LogP contribution in [0, 0.1) is 6.92 Å². The number of hydrogen-bond acceptors (Lipinski definition) is 3. The molecule has 1 amide bonds. The van der Waals surface area contributed by atoms with Gasteiger partial charge in [-0.05, 0) is 69.5 Å². The number of nitrogens with zero attached hydrogens (tertiary/aromatic N) is 2. The van der Waals surface area contributed by atoms with E-state index in [0.29, 0.717) is 12.2 Å². The topological polar surface area (TPSA) is 56.2 Å². The third kappa shape index (κ3) is 5.22. The summed E-state index contributed by atoms with van der Waals surface area (Å²) < 4.78 is 8.04. The number of carbonyl (C=O) groups excluding carboxylic acids is 1. The number of amides is 1. The van der Waals surface area contributed by atoms with Gasteiger partial charge in [-0.3, -0.25) is 4.79 Å². The summed E-state index contributed by atoms with van der Waals surface area (Å²) in [6, 6.07) is 13.5. The zero-order chi connectivity index (χ0) is 21.7. The van der Waals surface area contributed by atoms with E-state index in [0.717, 1.165) is 52.6 Å². The average Bonchev–Trinajstić information content (AvgIpc) is 3.09. The van der Waals surface area contributed by atoms with Gasteiger partial charge in [0.2, 0.25) is 5.91 Å². The smallest absolute Gasteiger partial charge is 0.246 e. The van der Waals surface area contributed by atoms with E-state index in [1.54, 1.807) is 6.92 Å². The van der Waals surface area contributed by atoms with Gasteiger partial charge in [0.25, 0.3) is 0 Å². The minimum Gasteiger partial charge on any atom is -0.494 e. The normalized spacial score (nSPS) is 12.0. The van der Waals surface area contributed by atoms with Gasteiger partial charge in [0, 0.05) is 17.1 Å². The lowest BCUT2D eigenvalue weighted by Crippen LogP contribution is -2.29. The summed E-state index contributed by atoms with van der Waals surface area (Å²) in [4.78, 5) is 16.8. The zero-order valence-corrected chi connectivity index (χ0v) is 18.5. The first-order valence-corrected chi connectivity index (χ1v) is 10.5. The Balaban J connectivity index is 1.64. The Bertz CT molecular complexity index is 1060. The maximum Gasteiger partial charge on any atom is 0.246 e. The largest absolute Gasteiger partial charge is 0.494 e. The van der Waals surface area contributed by atoms with Crippen molar-refractivity contribution in [2.24, 2.45) is 0 Å². The Kier molecular flexibility index (Phi) is 7.16. The molecule has 0 saturated carbocycles. The van der Waals surface area contributed by atoms with Crippen LogP contribution in [0.1, 0.15) is 44.1 Å². The second-order valence-corrected chi connectivity index (χ2v) is 7.96. The number of halogens is 1. The fourth-order valence-electron chi connectivity index (χ4n) is 3.31. The van der Waals surface area contributed by atoms with Crippen LogP contribution in [0.3, 0.4) is 0 Å².